The van der Waals surface area contributed by atoms with Gasteiger partial charge in [-0.25, -0.2) is 0 Å². The van der Waals surface area contributed by atoms with Crippen LogP contribution in [0.5, 0.6) is 0 Å². The molecule has 1 fully saturated rings. The van der Waals surface area contributed by atoms with Crippen molar-refractivity contribution < 1.29 is 9.21 Å². The van der Waals surface area contributed by atoms with Crippen molar-refractivity contribution in [2.45, 2.75) is 12.8 Å². The van der Waals surface area contributed by atoms with Crippen LogP contribution in [0.2, 0.25) is 0 Å². The van der Waals surface area contributed by atoms with Gasteiger partial charge in [0, 0.05) is 24.4 Å². The first-order valence-corrected chi connectivity index (χ1v) is 5.58. The second-order valence-electron chi connectivity index (χ2n) is 4.19. The Morgan fingerprint density at radius 3 is 2.94 bits per heavy atom. The third kappa shape index (κ3) is 1.58. The molecule has 3 heteroatoms. The normalized spacial score (nSPS) is 17.0. The number of ketones is 1. The first kappa shape index (κ1) is 9.46. The quantitative estimate of drug-likeness (QED) is 0.733. The van der Waals surface area contributed by atoms with E-state index in [-0.39, 0.29) is 0 Å². The average Bonchev–Trinajstić information content (AvgIpc) is 2.72. The van der Waals surface area contributed by atoms with E-state index in [1.165, 1.54) is 0 Å². The molecule has 0 unspecified atom stereocenters. The number of hydrogen-bond donors (Lipinski definition) is 0. The summed E-state index contributed by atoms with van der Waals surface area (Å²) in [5, 5.41) is 1.09. The maximum atomic E-state index is 11.4. The minimum absolute atomic E-state index is 0.298. The molecule has 0 saturated carbocycles. The van der Waals surface area contributed by atoms with E-state index in [4.69, 9.17) is 4.42 Å². The predicted octanol–water partition coefficient (Wildman–Crippen LogP) is 2.60. The molecule has 2 heterocycles. The van der Waals surface area contributed by atoms with Gasteiger partial charge in [-0.1, -0.05) is 18.2 Å². The maximum absolute atomic E-state index is 11.4. The van der Waals surface area contributed by atoms with Gasteiger partial charge in [0.1, 0.15) is 5.58 Å². The van der Waals surface area contributed by atoms with E-state index in [1.807, 2.05) is 35.2 Å². The summed E-state index contributed by atoms with van der Waals surface area (Å²) in [5.74, 6) is 1.11. The molecule has 0 bridgehead atoms. The number of anilines is 1. The Balaban J connectivity index is 1.96. The molecule has 1 aromatic carbocycles. The number of benzene rings is 1. The van der Waals surface area contributed by atoms with Gasteiger partial charge < -0.3 is 9.32 Å². The lowest BCUT2D eigenvalue weighted by Gasteiger charge is -2.24. The van der Waals surface area contributed by atoms with E-state index in [0.717, 1.165) is 29.8 Å². The SMILES string of the molecule is O=C1CCCN(c2cc3ccccc3o2)C1. The zero-order valence-corrected chi connectivity index (χ0v) is 8.98. The van der Waals surface area contributed by atoms with E-state index in [1.54, 1.807) is 0 Å². The van der Waals surface area contributed by atoms with Gasteiger partial charge in [0.25, 0.3) is 0 Å². The van der Waals surface area contributed by atoms with Crippen LogP contribution in [-0.2, 0) is 4.79 Å². The third-order valence-electron chi connectivity index (χ3n) is 2.98. The van der Waals surface area contributed by atoms with Crippen LogP contribution >= 0.6 is 0 Å². The Hall–Kier alpha value is -1.77. The lowest BCUT2D eigenvalue weighted by atomic mass is 10.1. The van der Waals surface area contributed by atoms with Gasteiger partial charge in [0.2, 0.25) is 0 Å². The minimum Gasteiger partial charge on any atom is -0.441 e. The number of rotatable bonds is 1. The monoisotopic (exact) mass is 215 g/mol. The maximum Gasteiger partial charge on any atom is 0.197 e. The van der Waals surface area contributed by atoms with Crippen molar-refractivity contribution in [2.75, 3.05) is 18.0 Å². The number of furan rings is 1. The standard InChI is InChI=1S/C13H13NO2/c15-11-5-3-7-14(9-11)13-8-10-4-1-2-6-12(10)16-13/h1-2,4,6,8H,3,5,7,9H2. The molecule has 0 spiro atoms. The fourth-order valence-electron chi connectivity index (χ4n) is 2.15. The van der Waals surface area contributed by atoms with Crippen LogP contribution in [0.1, 0.15) is 12.8 Å². The highest BCUT2D eigenvalue weighted by molar-refractivity contribution is 5.86. The second-order valence-corrected chi connectivity index (χ2v) is 4.19. The highest BCUT2D eigenvalue weighted by Gasteiger charge is 2.19. The van der Waals surface area contributed by atoms with Crippen LogP contribution in [0.4, 0.5) is 5.88 Å². The molecule has 1 aliphatic heterocycles. The summed E-state index contributed by atoms with van der Waals surface area (Å²) in [7, 11) is 0. The smallest absolute Gasteiger partial charge is 0.197 e. The van der Waals surface area contributed by atoms with Gasteiger partial charge in [-0.3, -0.25) is 4.79 Å². The van der Waals surface area contributed by atoms with Crippen molar-refractivity contribution in [1.29, 1.82) is 0 Å². The van der Waals surface area contributed by atoms with Crippen molar-refractivity contribution in [3.05, 3.63) is 30.3 Å². The van der Waals surface area contributed by atoms with Crippen molar-refractivity contribution >= 4 is 22.6 Å². The molecule has 1 aromatic heterocycles. The zero-order valence-electron chi connectivity index (χ0n) is 8.98. The third-order valence-corrected chi connectivity index (χ3v) is 2.98. The second kappa shape index (κ2) is 3.67. The summed E-state index contributed by atoms with van der Waals surface area (Å²) in [5.41, 5.74) is 0.885. The Morgan fingerprint density at radius 2 is 2.12 bits per heavy atom. The largest absolute Gasteiger partial charge is 0.441 e. The lowest BCUT2D eigenvalue weighted by Crippen LogP contribution is -2.35. The average molecular weight is 215 g/mol. The number of fused-ring (bicyclic) bond motifs is 1. The molecule has 0 atom stereocenters. The number of hydrogen-bond acceptors (Lipinski definition) is 3. The number of Topliss-reactive ketones (excluding diaryl/α,β-unsaturated/α-hetero) is 1. The molecule has 1 saturated heterocycles. The molecule has 0 aliphatic carbocycles. The van der Waals surface area contributed by atoms with Crippen molar-refractivity contribution in [1.82, 2.24) is 0 Å². The lowest BCUT2D eigenvalue weighted by molar-refractivity contribution is -0.118. The fourth-order valence-corrected chi connectivity index (χ4v) is 2.15. The summed E-state index contributed by atoms with van der Waals surface area (Å²) >= 11 is 0. The van der Waals surface area contributed by atoms with Crippen molar-refractivity contribution in [3.63, 3.8) is 0 Å². The summed E-state index contributed by atoms with van der Waals surface area (Å²) < 4.78 is 5.73. The Bertz CT molecular complexity index is 496. The Morgan fingerprint density at radius 1 is 1.25 bits per heavy atom. The van der Waals surface area contributed by atoms with Crippen LogP contribution in [0.3, 0.4) is 0 Å². The first-order chi connectivity index (χ1) is 7.83. The number of carbonyl (C=O) groups is 1. The molecule has 0 radical (unpaired) electrons. The van der Waals surface area contributed by atoms with Crippen LogP contribution in [0.25, 0.3) is 11.0 Å². The van der Waals surface area contributed by atoms with E-state index < -0.39 is 0 Å². The van der Waals surface area contributed by atoms with Gasteiger partial charge in [-0.2, -0.15) is 0 Å². The topological polar surface area (TPSA) is 33.5 Å². The van der Waals surface area contributed by atoms with E-state index >= 15 is 0 Å². The molecule has 0 N–H and O–H groups in total. The van der Waals surface area contributed by atoms with Crippen LogP contribution in [0.15, 0.2) is 34.7 Å². The highest BCUT2D eigenvalue weighted by Crippen LogP contribution is 2.27. The molecule has 0 amide bonds. The summed E-state index contributed by atoms with van der Waals surface area (Å²) in [6, 6.07) is 9.92. The van der Waals surface area contributed by atoms with E-state index in [9.17, 15) is 4.79 Å². The zero-order chi connectivity index (χ0) is 11.0. The Kier molecular flexibility index (Phi) is 2.17. The summed E-state index contributed by atoms with van der Waals surface area (Å²) in [6.45, 7) is 1.39. The summed E-state index contributed by atoms with van der Waals surface area (Å²) in [4.78, 5) is 13.4. The van der Waals surface area contributed by atoms with Gasteiger partial charge in [0.05, 0.1) is 6.54 Å². The van der Waals surface area contributed by atoms with Gasteiger partial charge in [0.15, 0.2) is 11.7 Å². The van der Waals surface area contributed by atoms with E-state index in [0.29, 0.717) is 18.7 Å². The molecule has 3 rings (SSSR count). The number of piperidine rings is 1. The molecule has 2 aromatic rings. The number of carbonyl (C=O) groups excluding carboxylic acids is 1. The number of nitrogens with zero attached hydrogens (tertiary/aromatic N) is 1. The highest BCUT2D eigenvalue weighted by atomic mass is 16.4. The van der Waals surface area contributed by atoms with Crippen molar-refractivity contribution in [3.8, 4) is 0 Å². The predicted molar refractivity (Wildman–Crippen MR) is 62.7 cm³/mol. The van der Waals surface area contributed by atoms with Gasteiger partial charge >= 0.3 is 0 Å². The first-order valence-electron chi connectivity index (χ1n) is 5.58. The molecular weight excluding hydrogens is 202 g/mol. The molecular formula is C13H13NO2. The summed E-state index contributed by atoms with van der Waals surface area (Å²) in [6.07, 6.45) is 1.63. The van der Waals surface area contributed by atoms with Gasteiger partial charge in [-0.05, 0) is 12.5 Å². The molecule has 3 nitrogen and oxygen atoms in total. The van der Waals surface area contributed by atoms with Crippen LogP contribution < -0.4 is 4.90 Å². The number of para-hydroxylation sites is 1. The minimum atomic E-state index is 0.298. The fraction of sp³-hybridized carbons (Fsp3) is 0.308. The molecule has 82 valence electrons. The Labute approximate surface area is 93.6 Å². The molecule has 16 heavy (non-hydrogen) atoms. The van der Waals surface area contributed by atoms with Gasteiger partial charge in [-0.15, -0.1) is 0 Å². The van der Waals surface area contributed by atoms with Crippen molar-refractivity contribution in [2.24, 2.45) is 0 Å². The molecule has 1 aliphatic rings. The van der Waals surface area contributed by atoms with Crippen LogP contribution in [-0.4, -0.2) is 18.9 Å². The van der Waals surface area contributed by atoms with Crippen LogP contribution in [0, 0.1) is 0 Å². The van der Waals surface area contributed by atoms with E-state index in [2.05, 4.69) is 0 Å².